The normalized spacial score (nSPS) is 16.1. The molecule has 1 aromatic rings. The van der Waals surface area contributed by atoms with Gasteiger partial charge in [-0.25, -0.2) is 0 Å². The summed E-state index contributed by atoms with van der Waals surface area (Å²) in [6, 6.07) is 2.06. The van der Waals surface area contributed by atoms with Crippen molar-refractivity contribution in [2.24, 2.45) is 5.92 Å². The van der Waals surface area contributed by atoms with Gasteiger partial charge < -0.3 is 10.2 Å². The van der Waals surface area contributed by atoms with Crippen LogP contribution in [-0.2, 0) is 6.42 Å². The lowest BCUT2D eigenvalue weighted by molar-refractivity contribution is 0.0696. The summed E-state index contributed by atoms with van der Waals surface area (Å²) in [5, 5.41) is 3.23. The first kappa shape index (κ1) is 17.5. The second-order valence-electron chi connectivity index (χ2n) is 5.36. The van der Waals surface area contributed by atoms with Crippen LogP contribution in [0, 0.1) is 12.8 Å². The van der Waals surface area contributed by atoms with Crippen LogP contribution < -0.4 is 5.32 Å². The molecular weight excluding hydrogens is 292 g/mol. The number of aryl methyl sites for hydroxylation is 2. The monoisotopic (exact) mass is 316 g/mol. The molecule has 114 valence electrons. The van der Waals surface area contributed by atoms with Crippen LogP contribution >= 0.6 is 23.7 Å². The van der Waals surface area contributed by atoms with Gasteiger partial charge in [0.25, 0.3) is 5.91 Å². The Labute approximate surface area is 132 Å². The fourth-order valence-corrected chi connectivity index (χ4v) is 3.84. The molecule has 0 aliphatic carbocycles. The van der Waals surface area contributed by atoms with E-state index in [0.29, 0.717) is 0 Å². The Morgan fingerprint density at radius 3 is 2.60 bits per heavy atom. The number of carbonyl (C=O) groups excluding carboxylic acids is 1. The van der Waals surface area contributed by atoms with E-state index in [4.69, 9.17) is 0 Å². The molecular formula is C15H25ClN2OS. The van der Waals surface area contributed by atoms with Crippen molar-refractivity contribution in [3.05, 3.63) is 21.4 Å². The molecule has 0 unspecified atom stereocenters. The molecule has 0 spiro atoms. The van der Waals surface area contributed by atoms with Crippen LogP contribution in [0.2, 0.25) is 0 Å². The van der Waals surface area contributed by atoms with Gasteiger partial charge in [-0.15, -0.1) is 23.7 Å². The van der Waals surface area contributed by atoms with Gasteiger partial charge >= 0.3 is 0 Å². The van der Waals surface area contributed by atoms with Crippen LogP contribution in [0.3, 0.4) is 0 Å². The van der Waals surface area contributed by atoms with Crippen LogP contribution in [-0.4, -0.2) is 37.5 Å². The minimum absolute atomic E-state index is 0. The first-order valence-corrected chi connectivity index (χ1v) is 8.00. The van der Waals surface area contributed by atoms with Crippen molar-refractivity contribution in [1.82, 2.24) is 10.2 Å². The summed E-state index contributed by atoms with van der Waals surface area (Å²) in [6.07, 6.45) is 3.27. The topological polar surface area (TPSA) is 32.3 Å². The van der Waals surface area contributed by atoms with Gasteiger partial charge in [-0.1, -0.05) is 6.92 Å². The standard InChI is InChI=1S/C15H24N2OS.ClH/c1-4-13-11(2)9-14(19-13)15(18)17-7-5-12(6-8-17)10-16-3;/h9,12,16H,4-8,10H2,1-3H3;1H. The number of halogens is 1. The lowest BCUT2D eigenvalue weighted by Gasteiger charge is -2.31. The van der Waals surface area contributed by atoms with E-state index in [-0.39, 0.29) is 18.3 Å². The van der Waals surface area contributed by atoms with Crippen molar-refractivity contribution in [2.45, 2.75) is 33.1 Å². The molecule has 1 amide bonds. The number of piperidine rings is 1. The Bertz CT molecular complexity index is 439. The van der Waals surface area contributed by atoms with Gasteiger partial charge in [0.1, 0.15) is 0 Å². The zero-order chi connectivity index (χ0) is 13.8. The number of nitrogens with one attached hydrogen (secondary N) is 1. The Balaban J connectivity index is 0.00000200. The molecule has 1 aliphatic heterocycles. The number of carbonyl (C=O) groups is 1. The Kier molecular flexibility index (Phi) is 7.00. The number of amides is 1. The molecule has 0 atom stereocenters. The molecule has 1 saturated heterocycles. The Morgan fingerprint density at radius 2 is 2.10 bits per heavy atom. The van der Waals surface area contributed by atoms with Gasteiger partial charge in [0.2, 0.25) is 0 Å². The number of nitrogens with zero attached hydrogens (tertiary/aromatic N) is 1. The number of likely N-dealkylation sites (tertiary alicyclic amines) is 1. The summed E-state index contributed by atoms with van der Waals surface area (Å²) in [4.78, 5) is 16.8. The predicted octanol–water partition coefficient (Wildman–Crippen LogP) is 3.11. The van der Waals surface area contributed by atoms with E-state index in [0.717, 1.165) is 49.7 Å². The smallest absolute Gasteiger partial charge is 0.263 e. The van der Waals surface area contributed by atoms with Gasteiger partial charge in [0.05, 0.1) is 4.88 Å². The van der Waals surface area contributed by atoms with Crippen molar-refractivity contribution in [3.8, 4) is 0 Å². The molecule has 2 rings (SSSR count). The van der Waals surface area contributed by atoms with Gasteiger partial charge in [0.15, 0.2) is 0 Å². The molecule has 20 heavy (non-hydrogen) atoms. The molecule has 0 radical (unpaired) electrons. The van der Waals surface area contributed by atoms with Crippen LogP contribution in [0.25, 0.3) is 0 Å². The summed E-state index contributed by atoms with van der Waals surface area (Å²) >= 11 is 1.67. The summed E-state index contributed by atoms with van der Waals surface area (Å²) in [5.41, 5.74) is 1.26. The zero-order valence-corrected chi connectivity index (χ0v) is 14.2. The van der Waals surface area contributed by atoms with E-state index < -0.39 is 0 Å². The lowest BCUT2D eigenvalue weighted by Crippen LogP contribution is -2.40. The highest BCUT2D eigenvalue weighted by Gasteiger charge is 2.24. The number of thiophene rings is 1. The number of hydrogen-bond acceptors (Lipinski definition) is 3. The summed E-state index contributed by atoms with van der Waals surface area (Å²) in [6.45, 7) is 7.13. The highest BCUT2D eigenvalue weighted by molar-refractivity contribution is 7.14. The van der Waals surface area contributed by atoms with Crippen LogP contribution in [0.15, 0.2) is 6.07 Å². The largest absolute Gasteiger partial charge is 0.338 e. The van der Waals surface area contributed by atoms with E-state index in [1.165, 1.54) is 10.4 Å². The van der Waals surface area contributed by atoms with Crippen molar-refractivity contribution in [2.75, 3.05) is 26.7 Å². The van der Waals surface area contributed by atoms with Crippen molar-refractivity contribution >= 4 is 29.7 Å². The van der Waals surface area contributed by atoms with Crippen molar-refractivity contribution in [1.29, 1.82) is 0 Å². The minimum atomic E-state index is 0. The second-order valence-corrected chi connectivity index (χ2v) is 6.50. The van der Waals surface area contributed by atoms with Crippen molar-refractivity contribution < 1.29 is 4.79 Å². The van der Waals surface area contributed by atoms with Crippen molar-refractivity contribution in [3.63, 3.8) is 0 Å². The lowest BCUT2D eigenvalue weighted by atomic mass is 9.97. The molecule has 1 aliphatic rings. The maximum Gasteiger partial charge on any atom is 0.263 e. The summed E-state index contributed by atoms with van der Waals surface area (Å²) < 4.78 is 0. The first-order chi connectivity index (χ1) is 9.15. The average Bonchev–Trinajstić information content (AvgIpc) is 2.80. The van der Waals surface area contributed by atoms with Gasteiger partial charge in [-0.3, -0.25) is 4.79 Å². The van der Waals surface area contributed by atoms with Crippen LogP contribution in [0.1, 0.15) is 39.9 Å². The van der Waals surface area contributed by atoms with E-state index in [1.807, 2.05) is 11.9 Å². The zero-order valence-electron chi connectivity index (χ0n) is 12.6. The Morgan fingerprint density at radius 1 is 1.45 bits per heavy atom. The van der Waals surface area contributed by atoms with E-state index in [2.05, 4.69) is 25.2 Å². The third kappa shape index (κ3) is 3.96. The number of hydrogen-bond donors (Lipinski definition) is 1. The molecule has 2 heterocycles. The maximum absolute atomic E-state index is 12.5. The molecule has 5 heteroatoms. The van der Waals surface area contributed by atoms with E-state index in [1.54, 1.807) is 11.3 Å². The molecule has 0 saturated carbocycles. The predicted molar refractivity (Wildman–Crippen MR) is 88.2 cm³/mol. The molecule has 1 N–H and O–H groups in total. The fourth-order valence-electron chi connectivity index (χ4n) is 2.76. The van der Waals surface area contributed by atoms with E-state index in [9.17, 15) is 4.79 Å². The molecule has 3 nitrogen and oxygen atoms in total. The molecule has 1 aromatic heterocycles. The molecule has 1 fully saturated rings. The second kappa shape index (κ2) is 8.01. The number of rotatable bonds is 4. The highest BCUT2D eigenvalue weighted by atomic mass is 35.5. The highest BCUT2D eigenvalue weighted by Crippen LogP contribution is 2.25. The maximum atomic E-state index is 12.5. The SMILES string of the molecule is CCc1sc(C(=O)N2CCC(CNC)CC2)cc1C.Cl. The third-order valence-corrected chi connectivity index (χ3v) is 5.32. The molecule has 0 aromatic carbocycles. The third-order valence-electron chi connectivity index (χ3n) is 3.95. The molecule has 0 bridgehead atoms. The first-order valence-electron chi connectivity index (χ1n) is 7.18. The Hall–Kier alpha value is -0.580. The summed E-state index contributed by atoms with van der Waals surface area (Å²) in [7, 11) is 2.00. The van der Waals surface area contributed by atoms with Crippen LogP contribution in [0.5, 0.6) is 0 Å². The quantitative estimate of drug-likeness (QED) is 0.925. The van der Waals surface area contributed by atoms with E-state index >= 15 is 0 Å². The fraction of sp³-hybridized carbons (Fsp3) is 0.667. The minimum Gasteiger partial charge on any atom is -0.338 e. The van der Waals surface area contributed by atoms with Gasteiger partial charge in [0, 0.05) is 18.0 Å². The van der Waals surface area contributed by atoms with Crippen LogP contribution in [0.4, 0.5) is 0 Å². The average molecular weight is 317 g/mol. The summed E-state index contributed by atoms with van der Waals surface area (Å²) in [5.74, 6) is 0.959. The van der Waals surface area contributed by atoms with Gasteiger partial charge in [-0.2, -0.15) is 0 Å². The van der Waals surface area contributed by atoms with Gasteiger partial charge in [-0.05, 0) is 57.3 Å².